The molecule has 1 heteroatoms. The summed E-state index contributed by atoms with van der Waals surface area (Å²) in [5.74, 6) is 0. The van der Waals surface area contributed by atoms with Crippen LogP contribution in [-0.2, 0) is 6.42 Å². The Balaban J connectivity index is 1.89. The highest BCUT2D eigenvalue weighted by atomic mass is 15.1. The van der Waals surface area contributed by atoms with E-state index in [9.17, 15) is 0 Å². The molecule has 0 bridgehead atoms. The molecule has 0 saturated carbocycles. The molecule has 17 heavy (non-hydrogen) atoms. The van der Waals surface area contributed by atoms with Gasteiger partial charge in [-0.1, -0.05) is 48.4 Å². The molecule has 0 N–H and O–H groups in total. The first-order valence-corrected chi connectivity index (χ1v) is 6.79. The third-order valence-electron chi connectivity index (χ3n) is 3.56. The van der Waals surface area contributed by atoms with Crippen LogP contribution in [-0.4, -0.2) is 24.5 Å². The van der Waals surface area contributed by atoms with Crippen LogP contribution < -0.4 is 0 Å². The first-order chi connectivity index (χ1) is 8.38. The molecule has 1 aromatic rings. The van der Waals surface area contributed by atoms with Crippen LogP contribution in [0.5, 0.6) is 0 Å². The molecule has 0 radical (unpaired) electrons. The molecule has 1 aliphatic rings. The van der Waals surface area contributed by atoms with E-state index in [-0.39, 0.29) is 0 Å². The molecule has 0 amide bonds. The minimum Gasteiger partial charge on any atom is -0.299 e. The van der Waals surface area contributed by atoms with E-state index in [1.165, 1.54) is 37.9 Å². The number of allylic oxidation sites excluding steroid dienone is 1. The average molecular weight is 229 g/mol. The summed E-state index contributed by atoms with van der Waals surface area (Å²) in [6, 6.07) is 10.8. The first-order valence-electron chi connectivity index (χ1n) is 6.79. The molecule has 1 fully saturated rings. The third-order valence-corrected chi connectivity index (χ3v) is 3.56. The maximum Gasteiger partial charge on any atom is 0.0196 e. The quantitative estimate of drug-likeness (QED) is 0.712. The van der Waals surface area contributed by atoms with Crippen LogP contribution in [0.2, 0.25) is 0 Å². The van der Waals surface area contributed by atoms with Gasteiger partial charge in [0.25, 0.3) is 0 Å². The van der Waals surface area contributed by atoms with Crippen molar-refractivity contribution >= 4 is 0 Å². The van der Waals surface area contributed by atoms with Crippen molar-refractivity contribution in [1.29, 1.82) is 0 Å². The average Bonchev–Trinajstić information content (AvgIpc) is 2.40. The van der Waals surface area contributed by atoms with Gasteiger partial charge in [0.2, 0.25) is 0 Å². The zero-order chi connectivity index (χ0) is 11.9. The molecule has 1 heterocycles. The summed E-state index contributed by atoms with van der Waals surface area (Å²) >= 11 is 0. The Bertz CT molecular complexity index is 347. The zero-order valence-corrected chi connectivity index (χ0v) is 10.9. The standard InChI is InChI=1S/C16H23N/c1-2-15(13-16-9-5-3-6-10-16)14-17-11-7-4-8-12-17/h2-3,5-6,9-10H,4,7-8,11-14H2,1H3/b15-2+. The zero-order valence-electron chi connectivity index (χ0n) is 10.9. The van der Waals surface area contributed by atoms with Gasteiger partial charge in [-0.15, -0.1) is 0 Å². The van der Waals surface area contributed by atoms with Crippen molar-refractivity contribution in [3.8, 4) is 0 Å². The van der Waals surface area contributed by atoms with Gasteiger partial charge in [0.15, 0.2) is 0 Å². The van der Waals surface area contributed by atoms with Crippen molar-refractivity contribution in [1.82, 2.24) is 4.90 Å². The van der Waals surface area contributed by atoms with Crippen molar-refractivity contribution in [3.63, 3.8) is 0 Å². The summed E-state index contributed by atoms with van der Waals surface area (Å²) < 4.78 is 0. The Kier molecular flexibility index (Phi) is 4.81. The monoisotopic (exact) mass is 229 g/mol. The molecule has 92 valence electrons. The smallest absolute Gasteiger partial charge is 0.0196 e. The number of nitrogens with zero attached hydrogens (tertiary/aromatic N) is 1. The maximum absolute atomic E-state index is 2.60. The van der Waals surface area contributed by atoms with E-state index in [2.05, 4.69) is 48.2 Å². The summed E-state index contributed by atoms with van der Waals surface area (Å²) in [7, 11) is 0. The molecule has 1 aliphatic heterocycles. The fraction of sp³-hybridized carbons (Fsp3) is 0.500. The number of rotatable bonds is 4. The van der Waals surface area contributed by atoms with E-state index in [0.717, 1.165) is 13.0 Å². The Labute approximate surface area is 105 Å². The van der Waals surface area contributed by atoms with Crippen LogP contribution in [0.25, 0.3) is 0 Å². The van der Waals surface area contributed by atoms with Crippen LogP contribution in [0.1, 0.15) is 31.7 Å². The molecule has 0 aromatic heterocycles. The summed E-state index contributed by atoms with van der Waals surface area (Å²) in [4.78, 5) is 2.60. The van der Waals surface area contributed by atoms with Gasteiger partial charge < -0.3 is 0 Å². The summed E-state index contributed by atoms with van der Waals surface area (Å²) in [6.07, 6.45) is 7.57. The van der Waals surface area contributed by atoms with E-state index in [0.29, 0.717) is 0 Å². The van der Waals surface area contributed by atoms with E-state index < -0.39 is 0 Å². The summed E-state index contributed by atoms with van der Waals surface area (Å²) in [5, 5.41) is 0. The number of likely N-dealkylation sites (tertiary alicyclic amines) is 1. The number of benzene rings is 1. The van der Waals surface area contributed by atoms with Gasteiger partial charge in [-0.3, -0.25) is 4.90 Å². The molecule has 0 aliphatic carbocycles. The third kappa shape index (κ3) is 4.01. The second-order valence-electron chi connectivity index (χ2n) is 4.95. The van der Waals surface area contributed by atoms with Gasteiger partial charge in [0.1, 0.15) is 0 Å². The van der Waals surface area contributed by atoms with Gasteiger partial charge in [0, 0.05) is 6.54 Å². The predicted molar refractivity (Wildman–Crippen MR) is 74.2 cm³/mol. The van der Waals surface area contributed by atoms with Crippen molar-refractivity contribution in [2.45, 2.75) is 32.6 Å². The van der Waals surface area contributed by atoms with Crippen molar-refractivity contribution in [3.05, 3.63) is 47.5 Å². The van der Waals surface area contributed by atoms with Crippen LogP contribution in [0.15, 0.2) is 42.0 Å². The lowest BCUT2D eigenvalue weighted by atomic mass is 10.0. The number of hydrogen-bond acceptors (Lipinski definition) is 1. The van der Waals surface area contributed by atoms with E-state index >= 15 is 0 Å². The van der Waals surface area contributed by atoms with E-state index in [1.807, 2.05) is 0 Å². The highest BCUT2D eigenvalue weighted by molar-refractivity contribution is 5.22. The number of hydrogen-bond donors (Lipinski definition) is 0. The maximum atomic E-state index is 2.60. The van der Waals surface area contributed by atoms with Crippen LogP contribution in [0.3, 0.4) is 0 Å². The molecule has 0 spiro atoms. The first kappa shape index (κ1) is 12.4. The normalized spacial score (nSPS) is 18.3. The lowest BCUT2D eigenvalue weighted by Gasteiger charge is -2.27. The Morgan fingerprint density at radius 3 is 2.47 bits per heavy atom. The predicted octanol–water partition coefficient (Wildman–Crippen LogP) is 3.66. The second kappa shape index (κ2) is 6.61. The molecule has 1 nitrogen and oxygen atoms in total. The SMILES string of the molecule is C/C=C(\Cc1ccccc1)CN1CCCCC1. The Hall–Kier alpha value is -1.08. The van der Waals surface area contributed by atoms with Crippen molar-refractivity contribution in [2.24, 2.45) is 0 Å². The lowest BCUT2D eigenvalue weighted by molar-refractivity contribution is 0.245. The van der Waals surface area contributed by atoms with Gasteiger partial charge in [-0.25, -0.2) is 0 Å². The molecular weight excluding hydrogens is 206 g/mol. The van der Waals surface area contributed by atoms with Crippen molar-refractivity contribution in [2.75, 3.05) is 19.6 Å². The topological polar surface area (TPSA) is 3.24 Å². The van der Waals surface area contributed by atoms with Gasteiger partial charge in [-0.05, 0) is 44.8 Å². The van der Waals surface area contributed by atoms with Crippen LogP contribution in [0.4, 0.5) is 0 Å². The second-order valence-corrected chi connectivity index (χ2v) is 4.95. The van der Waals surface area contributed by atoms with Gasteiger partial charge in [-0.2, -0.15) is 0 Å². The minimum absolute atomic E-state index is 1.10. The summed E-state index contributed by atoms with van der Waals surface area (Å²) in [5.41, 5.74) is 2.98. The lowest BCUT2D eigenvalue weighted by Crippen LogP contribution is -2.31. The highest BCUT2D eigenvalue weighted by Gasteiger charge is 2.11. The van der Waals surface area contributed by atoms with Crippen molar-refractivity contribution < 1.29 is 0 Å². The molecule has 1 aromatic carbocycles. The Morgan fingerprint density at radius 2 is 1.82 bits per heavy atom. The fourth-order valence-corrected chi connectivity index (χ4v) is 2.51. The molecule has 0 unspecified atom stereocenters. The Morgan fingerprint density at radius 1 is 1.12 bits per heavy atom. The molecular formula is C16H23N. The fourth-order valence-electron chi connectivity index (χ4n) is 2.51. The van der Waals surface area contributed by atoms with Crippen LogP contribution >= 0.6 is 0 Å². The van der Waals surface area contributed by atoms with E-state index in [1.54, 1.807) is 5.57 Å². The molecule has 0 atom stereocenters. The van der Waals surface area contributed by atoms with Gasteiger partial charge in [0.05, 0.1) is 0 Å². The molecule has 1 saturated heterocycles. The van der Waals surface area contributed by atoms with E-state index in [4.69, 9.17) is 0 Å². The van der Waals surface area contributed by atoms with Crippen LogP contribution in [0, 0.1) is 0 Å². The number of piperidine rings is 1. The highest BCUT2D eigenvalue weighted by Crippen LogP contribution is 2.14. The minimum atomic E-state index is 1.10. The summed E-state index contributed by atoms with van der Waals surface area (Å²) in [6.45, 7) is 5.89. The molecule has 2 rings (SSSR count). The largest absolute Gasteiger partial charge is 0.299 e. The van der Waals surface area contributed by atoms with Gasteiger partial charge >= 0.3 is 0 Å².